The van der Waals surface area contributed by atoms with Gasteiger partial charge in [0.25, 0.3) is 0 Å². The summed E-state index contributed by atoms with van der Waals surface area (Å²) in [5.74, 6) is -0.385. The van der Waals surface area contributed by atoms with Crippen molar-refractivity contribution in [2.45, 2.75) is 4.90 Å². The van der Waals surface area contributed by atoms with Gasteiger partial charge in [-0.2, -0.15) is 0 Å². The van der Waals surface area contributed by atoms with Crippen LogP contribution >= 0.6 is 27.7 Å². The molecule has 76 valence electrons. The second-order valence-corrected chi connectivity index (χ2v) is 4.54. The van der Waals surface area contributed by atoms with Crippen molar-refractivity contribution in [3.05, 3.63) is 28.2 Å². The van der Waals surface area contributed by atoms with Crippen molar-refractivity contribution in [2.75, 3.05) is 12.4 Å². The van der Waals surface area contributed by atoms with Gasteiger partial charge in [-0.05, 0) is 34.1 Å². The topological polar surface area (TPSA) is 57.5 Å². The molecule has 3 nitrogen and oxygen atoms in total. The first-order chi connectivity index (χ1) is 6.65. The zero-order chi connectivity index (χ0) is 10.6. The minimum Gasteiger partial charge on any atom is -0.478 e. The summed E-state index contributed by atoms with van der Waals surface area (Å²) in [6, 6.07) is 5.10. The normalized spacial score (nSPS) is 10.1. The van der Waals surface area contributed by atoms with E-state index in [4.69, 9.17) is 10.2 Å². The number of rotatable bonds is 4. The molecule has 0 amide bonds. The Morgan fingerprint density at radius 3 is 2.79 bits per heavy atom. The fourth-order valence-electron chi connectivity index (χ4n) is 0.922. The van der Waals surface area contributed by atoms with Crippen LogP contribution in [0.4, 0.5) is 0 Å². The molecule has 0 aliphatic heterocycles. The lowest BCUT2D eigenvalue weighted by Crippen LogP contribution is -1.97. The summed E-state index contributed by atoms with van der Waals surface area (Å²) < 4.78 is 0.568. The van der Waals surface area contributed by atoms with Crippen LogP contribution in [0.25, 0.3) is 0 Å². The molecule has 1 rings (SSSR count). The van der Waals surface area contributed by atoms with E-state index < -0.39 is 5.97 Å². The van der Waals surface area contributed by atoms with Crippen LogP contribution in [0.2, 0.25) is 0 Å². The van der Waals surface area contributed by atoms with Crippen molar-refractivity contribution < 1.29 is 15.0 Å². The van der Waals surface area contributed by atoms with Crippen LogP contribution in [0.1, 0.15) is 10.4 Å². The number of aliphatic hydroxyl groups excluding tert-OH is 1. The third-order valence-electron chi connectivity index (χ3n) is 1.53. The van der Waals surface area contributed by atoms with Gasteiger partial charge in [0.15, 0.2) is 0 Å². The fourth-order valence-corrected chi connectivity index (χ4v) is 2.03. The molecule has 0 aliphatic rings. The first-order valence-electron chi connectivity index (χ1n) is 3.91. The van der Waals surface area contributed by atoms with Crippen LogP contribution in [-0.2, 0) is 0 Å². The molecule has 5 heteroatoms. The lowest BCUT2D eigenvalue weighted by atomic mass is 10.2. The smallest absolute Gasteiger partial charge is 0.336 e. The highest BCUT2D eigenvalue weighted by molar-refractivity contribution is 9.10. The van der Waals surface area contributed by atoms with E-state index in [1.54, 1.807) is 12.1 Å². The Balaban J connectivity index is 2.89. The van der Waals surface area contributed by atoms with Crippen molar-refractivity contribution >= 4 is 33.7 Å². The molecule has 1 aromatic carbocycles. The first kappa shape index (κ1) is 11.6. The monoisotopic (exact) mass is 276 g/mol. The molecule has 2 N–H and O–H groups in total. The molecule has 0 heterocycles. The van der Waals surface area contributed by atoms with Crippen LogP contribution in [-0.4, -0.2) is 28.5 Å². The Kier molecular flexibility index (Phi) is 4.44. The molecule has 0 aromatic heterocycles. The number of carboxylic acids is 1. The van der Waals surface area contributed by atoms with Gasteiger partial charge in [-0.25, -0.2) is 4.79 Å². The molecule has 1 aromatic rings. The molecule has 0 unspecified atom stereocenters. The predicted molar refractivity (Wildman–Crippen MR) is 58.9 cm³/mol. The minimum absolute atomic E-state index is 0.0864. The molecule has 0 aliphatic carbocycles. The van der Waals surface area contributed by atoms with Crippen molar-refractivity contribution in [2.24, 2.45) is 0 Å². The summed E-state index contributed by atoms with van der Waals surface area (Å²) in [4.78, 5) is 11.6. The largest absolute Gasteiger partial charge is 0.478 e. The summed E-state index contributed by atoms with van der Waals surface area (Å²) in [5, 5.41) is 17.4. The van der Waals surface area contributed by atoms with E-state index in [2.05, 4.69) is 15.9 Å². The van der Waals surface area contributed by atoms with E-state index in [9.17, 15) is 4.79 Å². The Morgan fingerprint density at radius 2 is 2.21 bits per heavy atom. The molecule has 0 saturated heterocycles. The average molecular weight is 277 g/mol. The number of aromatic carboxylic acids is 1. The number of carboxylic acid groups (broad SMARTS) is 1. The quantitative estimate of drug-likeness (QED) is 0.829. The Hall–Kier alpha value is -0.520. The van der Waals surface area contributed by atoms with Crippen LogP contribution in [0.15, 0.2) is 27.6 Å². The molecule has 0 fully saturated rings. The maximum absolute atomic E-state index is 10.8. The second-order valence-electron chi connectivity index (χ2n) is 2.52. The van der Waals surface area contributed by atoms with Gasteiger partial charge in [0, 0.05) is 15.1 Å². The summed E-state index contributed by atoms with van der Waals surface area (Å²) >= 11 is 4.59. The van der Waals surface area contributed by atoms with Gasteiger partial charge in [0.2, 0.25) is 0 Å². The molecule has 0 saturated carbocycles. The molecule has 0 atom stereocenters. The van der Waals surface area contributed by atoms with Gasteiger partial charge in [0.05, 0.1) is 12.2 Å². The lowest BCUT2D eigenvalue weighted by Gasteiger charge is -2.03. The lowest BCUT2D eigenvalue weighted by molar-refractivity contribution is 0.0695. The molecular weight excluding hydrogens is 268 g/mol. The van der Waals surface area contributed by atoms with E-state index in [-0.39, 0.29) is 12.2 Å². The Morgan fingerprint density at radius 1 is 1.50 bits per heavy atom. The Labute approximate surface area is 94.3 Å². The predicted octanol–water partition coefficient (Wildman–Crippen LogP) is 2.23. The van der Waals surface area contributed by atoms with Crippen LogP contribution in [0, 0.1) is 0 Å². The van der Waals surface area contributed by atoms with Gasteiger partial charge in [-0.15, -0.1) is 11.8 Å². The van der Waals surface area contributed by atoms with E-state index in [1.807, 2.05) is 6.07 Å². The third-order valence-corrected chi connectivity index (χ3v) is 3.19. The summed E-state index contributed by atoms with van der Waals surface area (Å²) in [6.07, 6.45) is 0. The minimum atomic E-state index is -0.955. The summed E-state index contributed by atoms with van der Waals surface area (Å²) in [5.41, 5.74) is 0.243. The van der Waals surface area contributed by atoms with E-state index >= 15 is 0 Å². The van der Waals surface area contributed by atoms with Gasteiger partial charge in [0.1, 0.15) is 0 Å². The molecule has 0 radical (unpaired) electrons. The second kappa shape index (κ2) is 5.38. The van der Waals surface area contributed by atoms with E-state index in [1.165, 1.54) is 11.8 Å². The SMILES string of the molecule is O=C(O)c1cc(SCCO)ccc1Br. The number of halogens is 1. The van der Waals surface area contributed by atoms with Crippen LogP contribution in [0.3, 0.4) is 0 Å². The van der Waals surface area contributed by atoms with E-state index in [0.29, 0.717) is 10.2 Å². The number of hydrogen-bond acceptors (Lipinski definition) is 3. The maximum Gasteiger partial charge on any atom is 0.336 e. The number of carbonyl (C=O) groups is 1. The molecule has 0 bridgehead atoms. The van der Waals surface area contributed by atoms with Crippen LogP contribution in [0.5, 0.6) is 0 Å². The number of aliphatic hydroxyl groups is 1. The number of hydrogen-bond donors (Lipinski definition) is 2. The van der Waals surface area contributed by atoms with Gasteiger partial charge < -0.3 is 10.2 Å². The summed E-state index contributed by atoms with van der Waals surface area (Å²) in [6.45, 7) is 0.0864. The van der Waals surface area contributed by atoms with Crippen LogP contribution < -0.4 is 0 Å². The van der Waals surface area contributed by atoms with Gasteiger partial charge in [-0.1, -0.05) is 0 Å². The van der Waals surface area contributed by atoms with Crippen molar-refractivity contribution in [1.82, 2.24) is 0 Å². The highest BCUT2D eigenvalue weighted by atomic mass is 79.9. The first-order valence-corrected chi connectivity index (χ1v) is 5.69. The Bertz CT molecular complexity index is 341. The zero-order valence-corrected chi connectivity index (χ0v) is 9.64. The number of benzene rings is 1. The number of thioether (sulfide) groups is 1. The van der Waals surface area contributed by atoms with Crippen molar-refractivity contribution in [3.63, 3.8) is 0 Å². The molecule has 14 heavy (non-hydrogen) atoms. The van der Waals surface area contributed by atoms with Crippen molar-refractivity contribution in [3.8, 4) is 0 Å². The van der Waals surface area contributed by atoms with Gasteiger partial charge in [-0.3, -0.25) is 0 Å². The average Bonchev–Trinajstić information content (AvgIpc) is 2.16. The highest BCUT2D eigenvalue weighted by Crippen LogP contribution is 2.24. The molecule has 0 spiro atoms. The molecular formula is C9H9BrO3S. The summed E-state index contributed by atoms with van der Waals surface area (Å²) in [7, 11) is 0. The third kappa shape index (κ3) is 3.01. The zero-order valence-electron chi connectivity index (χ0n) is 7.24. The maximum atomic E-state index is 10.8. The standard InChI is InChI=1S/C9H9BrO3S/c10-8-2-1-6(14-4-3-11)5-7(8)9(12)13/h1-2,5,11H,3-4H2,(H,12,13). The highest BCUT2D eigenvalue weighted by Gasteiger charge is 2.08. The fraction of sp³-hybridized carbons (Fsp3) is 0.222. The van der Waals surface area contributed by atoms with Gasteiger partial charge >= 0.3 is 5.97 Å². The van der Waals surface area contributed by atoms with Crippen molar-refractivity contribution in [1.29, 1.82) is 0 Å². The van der Waals surface area contributed by atoms with E-state index in [0.717, 1.165) is 4.90 Å².